The van der Waals surface area contributed by atoms with Crippen LogP contribution in [0.2, 0.25) is 5.15 Å². The molecule has 1 aromatic heterocycles. The number of halogens is 1. The number of anilines is 2. The number of nitrogens with one attached hydrogen (secondary N) is 2. The van der Waals surface area contributed by atoms with Gasteiger partial charge in [0.25, 0.3) is 15.9 Å². The van der Waals surface area contributed by atoms with Crippen molar-refractivity contribution < 1.29 is 13.2 Å². The fraction of sp³-hybridized carbons (Fsp3) is 0.0556. The summed E-state index contributed by atoms with van der Waals surface area (Å²) in [5.74, 6) is -0.213. The van der Waals surface area contributed by atoms with Gasteiger partial charge in [0.1, 0.15) is 0 Å². The van der Waals surface area contributed by atoms with Crippen LogP contribution in [-0.4, -0.2) is 24.5 Å². The van der Waals surface area contributed by atoms with E-state index in [1.807, 2.05) is 19.1 Å². The number of hydrogen-bond donors (Lipinski definition) is 2. The number of aryl methyl sites for hydroxylation is 1. The quantitative estimate of drug-likeness (QED) is 0.680. The fourth-order valence-corrected chi connectivity index (χ4v) is 3.41. The standard InChI is InChI=1S/C18H15ClN4O3S/c1-12-4-2-3-5-15(12)18(24)20-13-6-8-14(9-7-13)27(25,26)23-17-11-10-16(19)21-22-17/h2-11H,1H3,(H,20,24)(H,22,23). The topological polar surface area (TPSA) is 101 Å². The molecule has 0 unspecified atom stereocenters. The lowest BCUT2D eigenvalue weighted by atomic mass is 10.1. The first-order valence-electron chi connectivity index (χ1n) is 7.84. The van der Waals surface area contributed by atoms with Crippen LogP contribution in [0.3, 0.4) is 0 Å². The molecule has 3 aromatic rings. The van der Waals surface area contributed by atoms with Crippen LogP contribution in [0.4, 0.5) is 11.5 Å². The summed E-state index contributed by atoms with van der Waals surface area (Å²) in [5.41, 5.74) is 1.88. The minimum absolute atomic E-state index is 0.0214. The average Bonchev–Trinajstić information content (AvgIpc) is 2.64. The van der Waals surface area contributed by atoms with Gasteiger partial charge in [-0.2, -0.15) is 0 Å². The van der Waals surface area contributed by atoms with E-state index in [0.29, 0.717) is 11.3 Å². The molecule has 0 spiro atoms. The third-order valence-electron chi connectivity index (χ3n) is 3.68. The van der Waals surface area contributed by atoms with E-state index < -0.39 is 10.0 Å². The third kappa shape index (κ3) is 4.60. The number of hydrogen-bond acceptors (Lipinski definition) is 5. The normalized spacial score (nSPS) is 11.0. The molecule has 0 aliphatic carbocycles. The zero-order valence-corrected chi connectivity index (χ0v) is 15.8. The molecule has 0 aliphatic rings. The molecule has 0 fully saturated rings. The van der Waals surface area contributed by atoms with Crippen molar-refractivity contribution in [3.05, 3.63) is 76.9 Å². The molecular weight excluding hydrogens is 388 g/mol. The molecular formula is C18H15ClN4O3S. The number of aromatic nitrogens is 2. The molecule has 0 radical (unpaired) electrons. The van der Waals surface area contributed by atoms with Crippen molar-refractivity contribution in [3.8, 4) is 0 Å². The SMILES string of the molecule is Cc1ccccc1C(=O)Nc1ccc(S(=O)(=O)Nc2ccc(Cl)nn2)cc1. The minimum atomic E-state index is -3.84. The summed E-state index contributed by atoms with van der Waals surface area (Å²) in [4.78, 5) is 12.3. The highest BCUT2D eigenvalue weighted by Gasteiger charge is 2.16. The van der Waals surface area contributed by atoms with Crippen LogP contribution in [0.25, 0.3) is 0 Å². The second kappa shape index (κ2) is 7.73. The Morgan fingerprint density at radius 2 is 1.67 bits per heavy atom. The van der Waals surface area contributed by atoms with Gasteiger partial charge in [-0.25, -0.2) is 8.42 Å². The van der Waals surface area contributed by atoms with E-state index >= 15 is 0 Å². The van der Waals surface area contributed by atoms with Gasteiger partial charge in [-0.05, 0) is 55.0 Å². The van der Waals surface area contributed by atoms with Gasteiger partial charge in [0.05, 0.1) is 4.90 Å². The molecule has 1 amide bonds. The van der Waals surface area contributed by atoms with Crippen molar-refractivity contribution in [2.24, 2.45) is 0 Å². The fourth-order valence-electron chi connectivity index (χ4n) is 2.31. The molecule has 0 bridgehead atoms. The lowest BCUT2D eigenvalue weighted by Gasteiger charge is -2.09. The largest absolute Gasteiger partial charge is 0.322 e. The van der Waals surface area contributed by atoms with Crippen LogP contribution in [0.1, 0.15) is 15.9 Å². The Labute approximate surface area is 161 Å². The Balaban J connectivity index is 1.73. The summed E-state index contributed by atoms with van der Waals surface area (Å²) < 4.78 is 27.1. The van der Waals surface area contributed by atoms with Crippen LogP contribution in [0.5, 0.6) is 0 Å². The zero-order valence-electron chi connectivity index (χ0n) is 14.2. The first-order valence-corrected chi connectivity index (χ1v) is 9.70. The number of carbonyl (C=O) groups is 1. The number of carbonyl (C=O) groups excluding carboxylic acids is 1. The van der Waals surface area contributed by atoms with E-state index in [9.17, 15) is 13.2 Å². The number of benzene rings is 2. The number of nitrogens with zero attached hydrogens (tertiary/aromatic N) is 2. The van der Waals surface area contributed by atoms with Gasteiger partial charge in [-0.15, -0.1) is 10.2 Å². The molecule has 138 valence electrons. The minimum Gasteiger partial charge on any atom is -0.322 e. The van der Waals surface area contributed by atoms with E-state index in [0.717, 1.165) is 5.56 Å². The van der Waals surface area contributed by atoms with Crippen molar-refractivity contribution in [1.29, 1.82) is 0 Å². The molecule has 0 saturated heterocycles. The maximum Gasteiger partial charge on any atom is 0.263 e. The van der Waals surface area contributed by atoms with Crippen molar-refractivity contribution in [1.82, 2.24) is 10.2 Å². The third-order valence-corrected chi connectivity index (χ3v) is 5.26. The van der Waals surface area contributed by atoms with E-state index in [1.165, 1.54) is 36.4 Å². The molecule has 9 heteroatoms. The molecule has 1 heterocycles. The maximum absolute atomic E-state index is 12.4. The van der Waals surface area contributed by atoms with Gasteiger partial charge < -0.3 is 5.32 Å². The molecule has 7 nitrogen and oxygen atoms in total. The highest BCUT2D eigenvalue weighted by atomic mass is 35.5. The first kappa shape index (κ1) is 18.8. The second-order valence-corrected chi connectivity index (χ2v) is 7.71. The Bertz CT molecular complexity index is 1070. The smallest absolute Gasteiger partial charge is 0.263 e. The molecule has 0 atom stereocenters. The summed E-state index contributed by atoms with van der Waals surface area (Å²) in [6, 6.07) is 15.8. The van der Waals surface area contributed by atoms with Crippen LogP contribution < -0.4 is 10.0 Å². The van der Waals surface area contributed by atoms with E-state index in [2.05, 4.69) is 20.2 Å². The average molecular weight is 403 g/mol. The molecule has 2 N–H and O–H groups in total. The van der Waals surface area contributed by atoms with Crippen LogP contribution in [-0.2, 0) is 10.0 Å². The van der Waals surface area contributed by atoms with E-state index in [4.69, 9.17) is 11.6 Å². The van der Waals surface area contributed by atoms with E-state index in [1.54, 1.807) is 12.1 Å². The van der Waals surface area contributed by atoms with Gasteiger partial charge in [0.15, 0.2) is 11.0 Å². The second-order valence-electron chi connectivity index (χ2n) is 5.64. The van der Waals surface area contributed by atoms with Crippen LogP contribution in [0, 0.1) is 6.92 Å². The highest BCUT2D eigenvalue weighted by molar-refractivity contribution is 7.92. The predicted molar refractivity (Wildman–Crippen MR) is 103 cm³/mol. The Morgan fingerprint density at radius 1 is 0.963 bits per heavy atom. The predicted octanol–water partition coefficient (Wildman–Crippen LogP) is 3.49. The highest BCUT2D eigenvalue weighted by Crippen LogP contribution is 2.18. The van der Waals surface area contributed by atoms with Crippen molar-refractivity contribution >= 4 is 39.0 Å². The number of sulfonamides is 1. The van der Waals surface area contributed by atoms with Gasteiger partial charge >= 0.3 is 0 Å². The lowest BCUT2D eigenvalue weighted by molar-refractivity contribution is 0.102. The zero-order chi connectivity index (χ0) is 19.4. The Kier molecular flexibility index (Phi) is 5.38. The van der Waals surface area contributed by atoms with Gasteiger partial charge in [-0.1, -0.05) is 29.8 Å². The molecule has 2 aromatic carbocycles. The van der Waals surface area contributed by atoms with Crippen molar-refractivity contribution in [3.63, 3.8) is 0 Å². The van der Waals surface area contributed by atoms with E-state index in [-0.39, 0.29) is 21.8 Å². The van der Waals surface area contributed by atoms with Crippen molar-refractivity contribution in [2.45, 2.75) is 11.8 Å². The summed E-state index contributed by atoms with van der Waals surface area (Å²) in [5, 5.41) is 10.1. The molecule has 3 rings (SSSR count). The van der Waals surface area contributed by atoms with Crippen LogP contribution >= 0.6 is 11.6 Å². The first-order chi connectivity index (χ1) is 12.8. The molecule has 27 heavy (non-hydrogen) atoms. The van der Waals surface area contributed by atoms with Crippen molar-refractivity contribution in [2.75, 3.05) is 10.0 Å². The monoisotopic (exact) mass is 402 g/mol. The lowest BCUT2D eigenvalue weighted by Crippen LogP contribution is -2.15. The summed E-state index contributed by atoms with van der Waals surface area (Å²) in [7, 11) is -3.84. The molecule has 0 aliphatic heterocycles. The maximum atomic E-state index is 12.4. The summed E-state index contributed by atoms with van der Waals surface area (Å²) in [6.07, 6.45) is 0. The van der Waals surface area contributed by atoms with Gasteiger partial charge in [0.2, 0.25) is 0 Å². The number of amides is 1. The van der Waals surface area contributed by atoms with Crippen LogP contribution in [0.15, 0.2) is 65.6 Å². The summed E-state index contributed by atoms with van der Waals surface area (Å²) >= 11 is 5.63. The summed E-state index contributed by atoms with van der Waals surface area (Å²) in [6.45, 7) is 1.84. The molecule has 0 saturated carbocycles. The Morgan fingerprint density at radius 3 is 2.30 bits per heavy atom. The van der Waals surface area contributed by atoms with Gasteiger partial charge in [0, 0.05) is 11.3 Å². The van der Waals surface area contributed by atoms with Gasteiger partial charge in [-0.3, -0.25) is 9.52 Å². The Hall–Kier alpha value is -2.97. The number of rotatable bonds is 5.